The fourth-order valence-corrected chi connectivity index (χ4v) is 5.16. The second-order valence-electron chi connectivity index (χ2n) is 9.20. The van der Waals surface area contributed by atoms with Crippen LogP contribution in [-0.2, 0) is 11.2 Å². The number of piperidine rings is 2. The fraction of sp³-hybridized carbons (Fsp3) is 0.462. The number of imidazole rings is 1. The number of para-hydroxylation sites is 2. The molecule has 0 radical (unpaired) electrons. The van der Waals surface area contributed by atoms with Crippen LogP contribution in [0.25, 0.3) is 11.0 Å². The van der Waals surface area contributed by atoms with Crippen molar-refractivity contribution in [2.75, 3.05) is 32.7 Å². The van der Waals surface area contributed by atoms with Gasteiger partial charge in [0.05, 0.1) is 17.6 Å². The Hall–Kier alpha value is -2.66. The van der Waals surface area contributed by atoms with Crippen LogP contribution in [-0.4, -0.2) is 58.4 Å². The Kier molecular flexibility index (Phi) is 6.03. The van der Waals surface area contributed by atoms with Crippen molar-refractivity contribution in [1.82, 2.24) is 19.8 Å². The van der Waals surface area contributed by atoms with Gasteiger partial charge in [-0.3, -0.25) is 9.69 Å². The lowest BCUT2D eigenvalue weighted by Crippen LogP contribution is -2.46. The Morgan fingerprint density at radius 3 is 2.35 bits per heavy atom. The number of aromatic nitrogens is 2. The predicted octanol–water partition coefficient (Wildman–Crippen LogP) is 4.22. The average molecular weight is 417 g/mol. The van der Waals surface area contributed by atoms with Gasteiger partial charge in [-0.05, 0) is 68.8 Å². The summed E-state index contributed by atoms with van der Waals surface area (Å²) < 4.78 is 0. The summed E-state index contributed by atoms with van der Waals surface area (Å²) in [4.78, 5) is 25.6. The number of nitrogens with one attached hydrogen (secondary N) is 1. The molecule has 2 aromatic carbocycles. The van der Waals surface area contributed by atoms with E-state index in [4.69, 9.17) is 4.98 Å². The predicted molar refractivity (Wildman–Crippen MR) is 124 cm³/mol. The molecule has 1 aromatic heterocycles. The molecule has 2 aliphatic rings. The minimum Gasteiger partial charge on any atom is -0.342 e. The van der Waals surface area contributed by atoms with Crippen molar-refractivity contribution in [2.45, 2.75) is 38.0 Å². The molecule has 31 heavy (non-hydrogen) atoms. The summed E-state index contributed by atoms with van der Waals surface area (Å²) in [5.41, 5.74) is 3.58. The first kappa shape index (κ1) is 20.3. The highest BCUT2D eigenvalue weighted by Gasteiger charge is 2.27. The molecule has 0 atom stereocenters. The Balaban J connectivity index is 1.07. The van der Waals surface area contributed by atoms with Crippen molar-refractivity contribution in [3.63, 3.8) is 0 Å². The van der Waals surface area contributed by atoms with Gasteiger partial charge in [-0.1, -0.05) is 42.5 Å². The van der Waals surface area contributed by atoms with Gasteiger partial charge >= 0.3 is 0 Å². The number of benzene rings is 2. The third kappa shape index (κ3) is 4.82. The number of hydrogen-bond donors (Lipinski definition) is 1. The third-order valence-electron chi connectivity index (χ3n) is 7.08. The molecule has 2 fully saturated rings. The van der Waals surface area contributed by atoms with Crippen molar-refractivity contribution < 1.29 is 4.79 Å². The van der Waals surface area contributed by atoms with E-state index in [9.17, 15) is 4.79 Å². The van der Waals surface area contributed by atoms with E-state index in [1.807, 2.05) is 12.1 Å². The number of rotatable bonds is 5. The van der Waals surface area contributed by atoms with E-state index in [0.29, 0.717) is 24.3 Å². The Morgan fingerprint density at radius 2 is 1.61 bits per heavy atom. The number of aromatic amines is 1. The zero-order valence-electron chi connectivity index (χ0n) is 18.2. The summed E-state index contributed by atoms with van der Waals surface area (Å²) in [7, 11) is 0. The summed E-state index contributed by atoms with van der Waals surface area (Å²) >= 11 is 0. The quantitative estimate of drug-likeness (QED) is 0.677. The molecular formula is C26H32N4O. The van der Waals surface area contributed by atoms with Crippen LogP contribution in [0.4, 0.5) is 0 Å². The van der Waals surface area contributed by atoms with E-state index in [1.165, 1.54) is 5.56 Å². The highest BCUT2D eigenvalue weighted by molar-refractivity contribution is 5.78. The van der Waals surface area contributed by atoms with Gasteiger partial charge in [0.2, 0.25) is 5.91 Å². The molecule has 0 aliphatic carbocycles. The molecule has 162 valence electrons. The van der Waals surface area contributed by atoms with Crippen LogP contribution in [0.1, 0.15) is 43.0 Å². The topological polar surface area (TPSA) is 52.2 Å². The largest absolute Gasteiger partial charge is 0.342 e. The summed E-state index contributed by atoms with van der Waals surface area (Å²) in [6.07, 6.45) is 5.50. The number of H-pyrrole nitrogens is 1. The number of carbonyl (C=O) groups excluding carboxylic acids is 1. The van der Waals surface area contributed by atoms with Gasteiger partial charge in [0, 0.05) is 19.0 Å². The Bertz CT molecular complexity index is 965. The van der Waals surface area contributed by atoms with E-state index >= 15 is 0 Å². The summed E-state index contributed by atoms with van der Waals surface area (Å²) in [6.45, 7) is 4.32. The maximum Gasteiger partial charge on any atom is 0.236 e. The first-order valence-corrected chi connectivity index (χ1v) is 11.7. The molecule has 3 aromatic rings. The summed E-state index contributed by atoms with van der Waals surface area (Å²) in [5, 5.41) is 0. The molecule has 5 rings (SSSR count). The van der Waals surface area contributed by atoms with Crippen LogP contribution in [0, 0.1) is 5.92 Å². The lowest BCUT2D eigenvalue weighted by atomic mass is 9.90. The molecular weight excluding hydrogens is 384 g/mol. The second kappa shape index (κ2) is 9.23. The minimum absolute atomic E-state index is 0.306. The molecule has 2 aliphatic heterocycles. The van der Waals surface area contributed by atoms with Crippen LogP contribution < -0.4 is 0 Å². The van der Waals surface area contributed by atoms with E-state index in [0.717, 1.165) is 75.1 Å². The van der Waals surface area contributed by atoms with E-state index in [-0.39, 0.29) is 0 Å². The third-order valence-corrected chi connectivity index (χ3v) is 7.08. The monoisotopic (exact) mass is 416 g/mol. The maximum absolute atomic E-state index is 12.9. The SMILES string of the molecule is O=C(CN1CCC(c2nc3ccccc3[nH]2)CC1)N1CCC(Cc2ccccc2)CC1. The zero-order chi connectivity index (χ0) is 21.0. The molecule has 1 amide bonds. The van der Waals surface area contributed by atoms with Gasteiger partial charge in [0.15, 0.2) is 0 Å². The number of fused-ring (bicyclic) bond motifs is 1. The highest BCUT2D eigenvalue weighted by Crippen LogP contribution is 2.28. The van der Waals surface area contributed by atoms with Gasteiger partial charge < -0.3 is 9.88 Å². The van der Waals surface area contributed by atoms with E-state index in [1.54, 1.807) is 0 Å². The molecule has 5 nitrogen and oxygen atoms in total. The molecule has 1 N–H and O–H groups in total. The standard InChI is InChI=1S/C26H32N4O/c31-25(30-16-10-21(11-17-30)18-20-6-2-1-3-7-20)19-29-14-12-22(13-15-29)26-27-23-8-4-5-9-24(23)28-26/h1-9,21-22H,10-19H2,(H,27,28). The number of carbonyl (C=O) groups is 1. The number of nitrogens with zero attached hydrogens (tertiary/aromatic N) is 3. The molecule has 3 heterocycles. The fourth-order valence-electron chi connectivity index (χ4n) is 5.16. The van der Waals surface area contributed by atoms with Gasteiger partial charge in [0.1, 0.15) is 5.82 Å². The van der Waals surface area contributed by atoms with Crippen LogP contribution in [0.15, 0.2) is 54.6 Å². The van der Waals surface area contributed by atoms with E-state index < -0.39 is 0 Å². The first-order valence-electron chi connectivity index (χ1n) is 11.7. The normalized spacial score (nSPS) is 19.2. The molecule has 0 spiro atoms. The molecule has 2 saturated heterocycles. The molecule has 0 saturated carbocycles. The first-order chi connectivity index (χ1) is 15.2. The lowest BCUT2D eigenvalue weighted by molar-refractivity contribution is -0.134. The second-order valence-corrected chi connectivity index (χ2v) is 9.20. The van der Waals surface area contributed by atoms with Crippen molar-refractivity contribution in [3.8, 4) is 0 Å². The van der Waals surface area contributed by atoms with Gasteiger partial charge in [0.25, 0.3) is 0 Å². The van der Waals surface area contributed by atoms with Crippen LogP contribution in [0.3, 0.4) is 0 Å². The highest BCUT2D eigenvalue weighted by atomic mass is 16.2. The Labute approximate surface area is 184 Å². The lowest BCUT2D eigenvalue weighted by Gasteiger charge is -2.35. The maximum atomic E-state index is 12.9. The zero-order valence-corrected chi connectivity index (χ0v) is 18.2. The molecule has 5 heteroatoms. The number of likely N-dealkylation sites (tertiary alicyclic amines) is 2. The van der Waals surface area contributed by atoms with E-state index in [2.05, 4.69) is 57.2 Å². The molecule has 0 unspecified atom stereocenters. The van der Waals surface area contributed by atoms with Crippen LogP contribution in [0.5, 0.6) is 0 Å². The summed E-state index contributed by atoms with van der Waals surface area (Å²) in [5.74, 6) is 2.58. The number of hydrogen-bond acceptors (Lipinski definition) is 3. The van der Waals surface area contributed by atoms with Gasteiger partial charge in [-0.25, -0.2) is 4.98 Å². The van der Waals surface area contributed by atoms with Gasteiger partial charge in [-0.15, -0.1) is 0 Å². The summed E-state index contributed by atoms with van der Waals surface area (Å²) in [6, 6.07) is 19.0. The minimum atomic E-state index is 0.306. The van der Waals surface area contributed by atoms with Gasteiger partial charge in [-0.2, -0.15) is 0 Å². The number of amides is 1. The van der Waals surface area contributed by atoms with Crippen molar-refractivity contribution in [2.24, 2.45) is 5.92 Å². The van der Waals surface area contributed by atoms with Crippen molar-refractivity contribution in [1.29, 1.82) is 0 Å². The van der Waals surface area contributed by atoms with Crippen molar-refractivity contribution >= 4 is 16.9 Å². The molecule has 0 bridgehead atoms. The van der Waals surface area contributed by atoms with Crippen molar-refractivity contribution in [3.05, 3.63) is 66.0 Å². The Morgan fingerprint density at radius 1 is 0.903 bits per heavy atom. The average Bonchev–Trinajstić information content (AvgIpc) is 3.25. The van der Waals surface area contributed by atoms with Crippen LogP contribution in [0.2, 0.25) is 0 Å². The van der Waals surface area contributed by atoms with Crippen LogP contribution >= 0.6 is 0 Å². The smallest absolute Gasteiger partial charge is 0.236 e.